The highest BCUT2D eigenvalue weighted by Gasteiger charge is 2.11. The minimum absolute atomic E-state index is 0.479. The molecule has 0 spiro atoms. The second kappa shape index (κ2) is 7.62. The number of fused-ring (bicyclic) bond motifs is 1. The van der Waals surface area contributed by atoms with Gasteiger partial charge in [-0.05, 0) is 24.6 Å². The Balaban J connectivity index is 1.82. The Kier molecular flexibility index (Phi) is 5.09. The molecule has 0 N–H and O–H groups in total. The van der Waals surface area contributed by atoms with E-state index in [-0.39, 0.29) is 0 Å². The lowest BCUT2D eigenvalue weighted by atomic mass is 10.2. The summed E-state index contributed by atoms with van der Waals surface area (Å²) in [6.45, 7) is 4.03. The Morgan fingerprint density at radius 2 is 1.96 bits per heavy atom. The predicted molar refractivity (Wildman–Crippen MR) is 92.9 cm³/mol. The van der Waals surface area contributed by atoms with Crippen LogP contribution in [0.5, 0.6) is 0 Å². The van der Waals surface area contributed by atoms with Gasteiger partial charge in [0.15, 0.2) is 0 Å². The summed E-state index contributed by atoms with van der Waals surface area (Å²) >= 11 is 0. The number of rotatable bonds is 6. The van der Waals surface area contributed by atoms with Crippen LogP contribution in [0.2, 0.25) is 0 Å². The van der Waals surface area contributed by atoms with Crippen molar-refractivity contribution in [1.29, 1.82) is 5.26 Å². The molecule has 0 aliphatic carbocycles. The summed E-state index contributed by atoms with van der Waals surface area (Å²) in [6.07, 6.45) is 4.09. The van der Waals surface area contributed by atoms with Crippen LogP contribution in [-0.2, 0) is 13.1 Å². The molecule has 0 saturated heterocycles. The molecule has 0 radical (unpaired) electrons. The van der Waals surface area contributed by atoms with E-state index in [4.69, 9.17) is 5.26 Å². The molecule has 0 atom stereocenters. The van der Waals surface area contributed by atoms with E-state index in [0.717, 1.165) is 34.5 Å². The second-order valence-corrected chi connectivity index (χ2v) is 5.72. The summed E-state index contributed by atoms with van der Waals surface area (Å²) in [6, 6.07) is 14.2. The number of benzene rings is 1. The van der Waals surface area contributed by atoms with E-state index < -0.39 is 0 Å². The molecule has 3 aromatic rings. The maximum Gasteiger partial charge on any atom is 0.143 e. The molecule has 0 aliphatic heterocycles. The molecule has 2 heterocycles. The number of hydrogen-bond donors (Lipinski definition) is 0. The summed E-state index contributed by atoms with van der Waals surface area (Å²) in [5.41, 5.74) is 3.06. The first kappa shape index (κ1) is 16.0. The molecular formula is C19H19N5. The lowest BCUT2D eigenvalue weighted by Crippen LogP contribution is -2.25. The summed E-state index contributed by atoms with van der Waals surface area (Å²) in [5, 5.41) is 9.99. The second-order valence-electron chi connectivity index (χ2n) is 5.72. The number of para-hydroxylation sites is 1. The van der Waals surface area contributed by atoms with E-state index in [0.29, 0.717) is 19.5 Å². The van der Waals surface area contributed by atoms with Crippen molar-refractivity contribution in [1.82, 2.24) is 19.9 Å². The maximum atomic E-state index is 8.91. The number of aromatic nitrogens is 3. The Hall–Kier alpha value is -2.84. The molecule has 0 unspecified atom stereocenters. The normalized spacial score (nSPS) is 10.9. The average molecular weight is 317 g/mol. The van der Waals surface area contributed by atoms with Gasteiger partial charge >= 0.3 is 0 Å². The molecule has 5 heteroatoms. The van der Waals surface area contributed by atoms with Crippen LogP contribution in [0, 0.1) is 18.3 Å². The largest absolute Gasteiger partial charge is 0.291 e. The fraction of sp³-hybridized carbons (Fsp3) is 0.263. The molecule has 24 heavy (non-hydrogen) atoms. The first-order valence-electron chi connectivity index (χ1n) is 7.97. The standard InChI is InChI=1S/C19H19N5/c1-15-17-7-2-3-8-18(17)23-19(22-15)14-24(11-5-9-20)13-16-6-4-10-21-12-16/h2-4,6-8,10,12H,5,11,13-14H2,1H3. The smallest absolute Gasteiger partial charge is 0.143 e. The fourth-order valence-corrected chi connectivity index (χ4v) is 2.74. The summed E-state index contributed by atoms with van der Waals surface area (Å²) in [5.74, 6) is 0.785. The average Bonchev–Trinajstić information content (AvgIpc) is 2.60. The van der Waals surface area contributed by atoms with E-state index in [1.165, 1.54) is 0 Å². The minimum atomic E-state index is 0.479. The molecule has 0 fully saturated rings. The Bertz CT molecular complexity index is 855. The number of nitriles is 1. The van der Waals surface area contributed by atoms with Crippen LogP contribution >= 0.6 is 0 Å². The van der Waals surface area contributed by atoms with Gasteiger partial charge in [-0.3, -0.25) is 9.88 Å². The van der Waals surface area contributed by atoms with Gasteiger partial charge in [-0.2, -0.15) is 5.26 Å². The Morgan fingerprint density at radius 3 is 2.75 bits per heavy atom. The third-order valence-electron chi connectivity index (χ3n) is 3.87. The molecular weight excluding hydrogens is 298 g/mol. The third-order valence-corrected chi connectivity index (χ3v) is 3.87. The van der Waals surface area contributed by atoms with E-state index in [1.807, 2.05) is 49.5 Å². The molecule has 1 aromatic carbocycles. The van der Waals surface area contributed by atoms with Crippen LogP contribution in [-0.4, -0.2) is 26.4 Å². The quantitative estimate of drug-likeness (QED) is 0.698. The SMILES string of the molecule is Cc1nc(CN(CCC#N)Cc2cccnc2)nc2ccccc12. The van der Waals surface area contributed by atoms with Crippen molar-refractivity contribution in [3.05, 3.63) is 65.9 Å². The minimum Gasteiger partial charge on any atom is -0.291 e. The molecule has 0 aliphatic rings. The van der Waals surface area contributed by atoms with Crippen molar-refractivity contribution in [2.24, 2.45) is 0 Å². The zero-order valence-corrected chi connectivity index (χ0v) is 13.7. The molecule has 0 amide bonds. The van der Waals surface area contributed by atoms with E-state index in [2.05, 4.69) is 25.9 Å². The zero-order valence-electron chi connectivity index (χ0n) is 13.7. The van der Waals surface area contributed by atoms with Crippen LogP contribution in [0.1, 0.15) is 23.5 Å². The van der Waals surface area contributed by atoms with E-state index >= 15 is 0 Å². The van der Waals surface area contributed by atoms with Gasteiger partial charge in [0.2, 0.25) is 0 Å². The summed E-state index contributed by atoms with van der Waals surface area (Å²) < 4.78 is 0. The molecule has 0 bridgehead atoms. The van der Waals surface area contributed by atoms with Gasteiger partial charge in [0.1, 0.15) is 5.82 Å². The highest BCUT2D eigenvalue weighted by Crippen LogP contribution is 2.16. The van der Waals surface area contributed by atoms with Gasteiger partial charge in [-0.15, -0.1) is 0 Å². The highest BCUT2D eigenvalue weighted by molar-refractivity contribution is 5.80. The molecule has 3 rings (SSSR count). The number of pyridine rings is 1. The van der Waals surface area contributed by atoms with Gasteiger partial charge in [0.25, 0.3) is 0 Å². The van der Waals surface area contributed by atoms with Gasteiger partial charge < -0.3 is 0 Å². The zero-order chi connectivity index (χ0) is 16.8. The van der Waals surface area contributed by atoms with Crippen molar-refractivity contribution in [3.8, 4) is 6.07 Å². The predicted octanol–water partition coefficient (Wildman–Crippen LogP) is 3.25. The van der Waals surface area contributed by atoms with Crippen molar-refractivity contribution in [3.63, 3.8) is 0 Å². The number of aryl methyl sites for hydroxylation is 1. The van der Waals surface area contributed by atoms with E-state index in [9.17, 15) is 0 Å². The topological polar surface area (TPSA) is 65.7 Å². The first-order chi connectivity index (χ1) is 11.8. The van der Waals surface area contributed by atoms with Crippen LogP contribution in [0.4, 0.5) is 0 Å². The fourth-order valence-electron chi connectivity index (χ4n) is 2.74. The molecule has 5 nitrogen and oxygen atoms in total. The molecule has 2 aromatic heterocycles. The molecule has 0 saturated carbocycles. The van der Waals surface area contributed by atoms with Gasteiger partial charge in [-0.1, -0.05) is 24.3 Å². The lowest BCUT2D eigenvalue weighted by molar-refractivity contribution is 0.256. The summed E-state index contributed by atoms with van der Waals surface area (Å²) in [4.78, 5) is 15.7. The van der Waals surface area contributed by atoms with Crippen LogP contribution in [0.15, 0.2) is 48.8 Å². The lowest BCUT2D eigenvalue weighted by Gasteiger charge is -2.20. The van der Waals surface area contributed by atoms with Gasteiger partial charge in [-0.25, -0.2) is 9.97 Å². The van der Waals surface area contributed by atoms with Crippen LogP contribution in [0.25, 0.3) is 10.9 Å². The number of nitrogens with zero attached hydrogens (tertiary/aromatic N) is 5. The highest BCUT2D eigenvalue weighted by atomic mass is 15.1. The monoisotopic (exact) mass is 317 g/mol. The number of hydrogen-bond acceptors (Lipinski definition) is 5. The van der Waals surface area contributed by atoms with Crippen molar-refractivity contribution in [2.45, 2.75) is 26.4 Å². The third kappa shape index (κ3) is 3.92. The van der Waals surface area contributed by atoms with Crippen molar-refractivity contribution >= 4 is 10.9 Å². The summed E-state index contributed by atoms with van der Waals surface area (Å²) in [7, 11) is 0. The van der Waals surface area contributed by atoms with Crippen molar-refractivity contribution < 1.29 is 0 Å². The van der Waals surface area contributed by atoms with Crippen LogP contribution < -0.4 is 0 Å². The Labute approximate surface area is 141 Å². The Morgan fingerprint density at radius 1 is 1.08 bits per heavy atom. The van der Waals surface area contributed by atoms with Gasteiger partial charge in [0, 0.05) is 43.0 Å². The van der Waals surface area contributed by atoms with Crippen LogP contribution in [0.3, 0.4) is 0 Å². The van der Waals surface area contributed by atoms with Gasteiger partial charge in [0.05, 0.1) is 18.1 Å². The first-order valence-corrected chi connectivity index (χ1v) is 7.97. The maximum absolute atomic E-state index is 8.91. The van der Waals surface area contributed by atoms with E-state index in [1.54, 1.807) is 6.20 Å². The van der Waals surface area contributed by atoms with Crippen molar-refractivity contribution in [2.75, 3.05) is 6.54 Å². The molecule has 120 valence electrons.